The average molecular weight is 1080 g/mol. The maximum atomic E-state index is 15.1. The fourth-order valence-corrected chi connectivity index (χ4v) is 7.90. The normalized spacial score (nSPS) is 16.1. The van der Waals surface area contributed by atoms with Gasteiger partial charge in [-0.3, -0.25) is 43.3 Å². The number of aliphatic hydroxyl groups is 1. The number of rotatable bonds is 36. The van der Waals surface area contributed by atoms with E-state index in [2.05, 4.69) is 42.2 Å². The van der Waals surface area contributed by atoms with Crippen molar-refractivity contribution in [2.75, 3.05) is 52.4 Å². The second kappa shape index (κ2) is 35.4. The van der Waals surface area contributed by atoms with Crippen LogP contribution in [0.1, 0.15) is 82.6 Å². The van der Waals surface area contributed by atoms with Crippen molar-refractivity contribution in [3.8, 4) is 0 Å². The number of carbonyl (C=O) groups is 9. The Morgan fingerprint density at radius 3 is 1.97 bits per heavy atom. The first-order chi connectivity index (χ1) is 36.2. The molecule has 0 unspecified atom stereocenters. The lowest BCUT2D eigenvalue weighted by Gasteiger charge is -2.30. The highest BCUT2D eigenvalue weighted by atomic mass is 19.1. The smallest absolute Gasteiger partial charge is 0.352 e. The van der Waals surface area contributed by atoms with Crippen LogP contribution in [0.5, 0.6) is 0 Å². The van der Waals surface area contributed by atoms with Crippen molar-refractivity contribution in [3.63, 3.8) is 0 Å². The Balaban J connectivity index is 2.30. The van der Waals surface area contributed by atoms with Crippen LogP contribution in [-0.2, 0) is 49.6 Å². The van der Waals surface area contributed by atoms with Gasteiger partial charge in [0.1, 0.15) is 47.8 Å². The quantitative estimate of drug-likeness (QED) is 0.0129. The Kier molecular flexibility index (Phi) is 30.4. The summed E-state index contributed by atoms with van der Waals surface area (Å²) >= 11 is 0. The molecule has 1 aliphatic heterocycles. The van der Waals surface area contributed by atoms with Crippen molar-refractivity contribution < 1.29 is 57.8 Å². The van der Waals surface area contributed by atoms with Gasteiger partial charge >= 0.3 is 5.97 Å². The molecule has 0 aromatic heterocycles. The van der Waals surface area contributed by atoms with Gasteiger partial charge in [0, 0.05) is 26.1 Å². The van der Waals surface area contributed by atoms with Crippen LogP contribution in [0.25, 0.3) is 0 Å². The summed E-state index contributed by atoms with van der Waals surface area (Å²) < 4.78 is 15.1. The molecule has 2 rings (SSSR count). The van der Waals surface area contributed by atoms with Crippen molar-refractivity contribution in [1.82, 2.24) is 42.1 Å². The average Bonchev–Trinajstić information content (AvgIpc) is 3.89. The highest BCUT2D eigenvalue weighted by Gasteiger charge is 2.40. The van der Waals surface area contributed by atoms with E-state index in [0.29, 0.717) is 38.6 Å². The predicted octanol–water partition coefficient (Wildman–Crippen LogP) is -6.36. The summed E-state index contributed by atoms with van der Waals surface area (Å²) in [4.78, 5) is 126. The van der Waals surface area contributed by atoms with Gasteiger partial charge in [-0.25, -0.2) is 9.18 Å². The van der Waals surface area contributed by atoms with Crippen LogP contribution in [0.15, 0.2) is 41.0 Å². The van der Waals surface area contributed by atoms with Crippen LogP contribution < -0.4 is 83.1 Å². The van der Waals surface area contributed by atoms with Gasteiger partial charge in [-0.05, 0) is 108 Å². The minimum Gasteiger partial charge on any atom is -0.477 e. The van der Waals surface area contributed by atoms with E-state index in [0.717, 1.165) is 6.07 Å². The lowest BCUT2D eigenvalue weighted by molar-refractivity contribution is -0.142. The third kappa shape index (κ3) is 22.9. The van der Waals surface area contributed by atoms with Gasteiger partial charge in [-0.15, -0.1) is 0 Å². The zero-order valence-corrected chi connectivity index (χ0v) is 42.8. The summed E-state index contributed by atoms with van der Waals surface area (Å²) in [5.74, 6) is -9.26. The molecule has 1 aromatic carbocycles. The summed E-state index contributed by atoms with van der Waals surface area (Å²) in [6.45, 7) is -0.491. The van der Waals surface area contributed by atoms with Gasteiger partial charge in [-0.2, -0.15) is 0 Å². The van der Waals surface area contributed by atoms with Gasteiger partial charge in [0.25, 0.3) is 0 Å². The fraction of sp³-hybridized carbons (Fsp3) is 0.617. The number of likely N-dealkylation sites (tertiary alicyclic amines) is 1. The minimum absolute atomic E-state index is 0.0000575. The van der Waals surface area contributed by atoms with E-state index in [4.69, 9.17) is 45.9 Å². The van der Waals surface area contributed by atoms with Crippen LogP contribution in [-0.4, -0.2) is 175 Å². The molecule has 0 radical (unpaired) electrons. The standard InChI is InChI=1S/C47H80FN17O11/c48-28-11-2-1-10-27(28)24-34(42(71)60-30(13-4-6-19-50)41(70)62-33(46(75)76)15-8-22-57-47(55)56)63-43(72)35-16-9-23-65(35)45(74)32(14-7-20-51)59-37(67)26-58-40(69)31(17-21-52)61-44(73)38(36(66)25-53)64-39(68)29(54)12-3-5-18-49/h1-2,10-11,15,29-32,34-36,38,66H,3-9,12-14,16-26,49-54H2,(H,58,69)(H,59,67)(H,60,71)(H,61,73)(H,62,70)(H,63,72)(H,64,68)(H,75,76)(H4,55,56,57)/b33-15-/t29-,30-,31-,32+,34-,35-,36-,38-/m1/s1. The highest BCUT2D eigenvalue weighted by molar-refractivity contribution is 5.99. The number of aliphatic hydroxyl groups excluding tert-OH is 1. The maximum Gasteiger partial charge on any atom is 0.352 e. The number of hydrogen-bond acceptors (Lipinski definition) is 17. The van der Waals surface area contributed by atoms with Crippen LogP contribution >= 0.6 is 0 Å². The number of hydrogen-bond donors (Lipinski definition) is 17. The van der Waals surface area contributed by atoms with Gasteiger partial charge in [0.15, 0.2) is 5.96 Å². The third-order valence-corrected chi connectivity index (χ3v) is 12.0. The summed E-state index contributed by atoms with van der Waals surface area (Å²) in [7, 11) is 0. The Labute approximate surface area is 440 Å². The number of aliphatic imine (C=N–C) groups is 1. The van der Waals surface area contributed by atoms with E-state index in [1.54, 1.807) is 0 Å². The molecule has 1 fully saturated rings. The number of halogens is 1. The molecule has 0 bridgehead atoms. The zero-order valence-electron chi connectivity index (χ0n) is 42.8. The van der Waals surface area contributed by atoms with Crippen LogP contribution in [0.2, 0.25) is 0 Å². The van der Waals surface area contributed by atoms with E-state index in [-0.39, 0.29) is 89.2 Å². The number of nitrogens with one attached hydrogen (secondary N) is 7. The Hall–Kier alpha value is -6.89. The number of nitrogens with two attached hydrogens (primary N) is 8. The number of aliphatic carboxylic acids is 1. The molecule has 76 heavy (non-hydrogen) atoms. The molecular weight excluding hydrogens is 998 g/mol. The first-order valence-corrected chi connectivity index (χ1v) is 25.3. The van der Waals surface area contributed by atoms with Crippen molar-refractivity contribution in [3.05, 3.63) is 47.4 Å². The van der Waals surface area contributed by atoms with Gasteiger partial charge < -0.3 is 98.2 Å². The molecule has 25 N–H and O–H groups in total. The molecule has 8 amide bonds. The van der Waals surface area contributed by atoms with E-state index in [9.17, 15) is 53.4 Å². The number of carboxylic acid groups (broad SMARTS) is 1. The second-order valence-corrected chi connectivity index (χ2v) is 18.0. The summed E-state index contributed by atoms with van der Waals surface area (Å²) in [5, 5.41) is 37.5. The Morgan fingerprint density at radius 1 is 0.724 bits per heavy atom. The van der Waals surface area contributed by atoms with Crippen LogP contribution in [0.3, 0.4) is 0 Å². The number of carboxylic acids is 1. The van der Waals surface area contributed by atoms with Crippen molar-refractivity contribution in [2.24, 2.45) is 50.9 Å². The molecule has 29 heteroatoms. The number of amides is 8. The summed E-state index contributed by atoms with van der Waals surface area (Å²) in [6, 6.07) is -3.93. The Bertz CT molecular complexity index is 2150. The van der Waals surface area contributed by atoms with Crippen LogP contribution in [0, 0.1) is 5.82 Å². The van der Waals surface area contributed by atoms with E-state index < -0.39 is 133 Å². The monoisotopic (exact) mass is 1080 g/mol. The number of benzene rings is 1. The zero-order chi connectivity index (χ0) is 56.7. The number of carbonyl (C=O) groups excluding carboxylic acids is 8. The van der Waals surface area contributed by atoms with E-state index in [1.807, 2.05) is 0 Å². The largest absolute Gasteiger partial charge is 0.477 e. The SMILES string of the molecule is NCCCC[C@@H](N)C(=O)N[C@@H](C(=O)N[C@H](CCN)C(=O)NCC(=O)N[C@@H](CCCN)C(=O)N1CCC[C@@H]1C(=O)N[C@H](Cc1ccccc1F)C(=O)N[C@H](CCCCN)C(=O)N/C(=C\CCN=C(N)N)C(=O)O)[C@H](O)CN. The van der Waals surface area contributed by atoms with Gasteiger partial charge in [-0.1, -0.05) is 30.7 Å². The predicted molar refractivity (Wildman–Crippen MR) is 277 cm³/mol. The van der Waals surface area contributed by atoms with Gasteiger partial charge in [0.05, 0.1) is 18.7 Å². The third-order valence-electron chi connectivity index (χ3n) is 12.0. The molecule has 0 aliphatic carbocycles. The molecule has 28 nitrogen and oxygen atoms in total. The first kappa shape index (κ1) is 65.2. The minimum atomic E-state index is -1.61. The molecule has 1 saturated heterocycles. The maximum absolute atomic E-state index is 15.1. The van der Waals surface area contributed by atoms with E-state index in [1.165, 1.54) is 29.2 Å². The molecule has 8 atom stereocenters. The van der Waals surface area contributed by atoms with Crippen LogP contribution in [0.4, 0.5) is 4.39 Å². The molecular formula is C47H80FN17O11. The lowest BCUT2D eigenvalue weighted by Crippen LogP contribution is -2.61. The number of unbranched alkanes of at least 4 members (excludes halogenated alkanes) is 2. The van der Waals surface area contributed by atoms with E-state index >= 15 is 4.39 Å². The van der Waals surface area contributed by atoms with Crippen molar-refractivity contribution in [2.45, 2.75) is 132 Å². The topological polar surface area (TPSA) is 502 Å². The molecule has 426 valence electrons. The fourth-order valence-electron chi connectivity index (χ4n) is 7.90. The van der Waals surface area contributed by atoms with Gasteiger partial charge in [0.2, 0.25) is 47.3 Å². The number of nitrogens with zero attached hydrogens (tertiary/aromatic N) is 2. The highest BCUT2D eigenvalue weighted by Crippen LogP contribution is 2.21. The molecule has 1 heterocycles. The molecule has 0 saturated carbocycles. The van der Waals surface area contributed by atoms with Crippen molar-refractivity contribution in [1.29, 1.82) is 0 Å². The second-order valence-electron chi connectivity index (χ2n) is 18.0. The summed E-state index contributed by atoms with van der Waals surface area (Å²) in [6.07, 6.45) is 1.84. The molecule has 0 spiro atoms. The molecule has 1 aliphatic rings. The Morgan fingerprint density at radius 2 is 1.36 bits per heavy atom. The lowest BCUT2D eigenvalue weighted by atomic mass is 10.0. The number of guanidine groups is 1. The van der Waals surface area contributed by atoms with Crippen molar-refractivity contribution >= 4 is 59.2 Å². The summed E-state index contributed by atoms with van der Waals surface area (Å²) in [5.41, 5.74) is 44.4. The molecule has 1 aromatic rings. The first-order valence-electron chi connectivity index (χ1n) is 25.3.